The molecule has 1 N–H and O–H groups in total. The Morgan fingerprint density at radius 2 is 2.57 bits per heavy atom. The van der Waals surface area contributed by atoms with Gasteiger partial charge in [0.2, 0.25) is 0 Å². The molecule has 0 saturated heterocycles. The SMILES string of the molecule is FC1=CC=CCN1. The molecule has 0 aromatic rings. The first-order chi connectivity index (χ1) is 3.39. The third kappa shape index (κ3) is 1.03. The van der Waals surface area contributed by atoms with Gasteiger partial charge in [-0.1, -0.05) is 12.2 Å². The highest BCUT2D eigenvalue weighted by Crippen LogP contribution is 1.94. The number of dihydropyridines is 1. The van der Waals surface area contributed by atoms with Gasteiger partial charge in [-0.15, -0.1) is 0 Å². The number of hydrogen-bond donors (Lipinski definition) is 1. The summed E-state index contributed by atoms with van der Waals surface area (Å²) in [4.78, 5) is 0. The quantitative estimate of drug-likeness (QED) is 0.446. The molecule has 0 unspecified atom stereocenters. The minimum absolute atomic E-state index is 0.248. The molecular weight excluding hydrogens is 93.1 g/mol. The molecule has 0 bridgehead atoms. The van der Waals surface area contributed by atoms with E-state index in [2.05, 4.69) is 5.32 Å². The second-order valence-electron chi connectivity index (χ2n) is 1.32. The van der Waals surface area contributed by atoms with Crippen molar-refractivity contribution >= 4 is 0 Å². The van der Waals surface area contributed by atoms with Crippen molar-refractivity contribution < 1.29 is 4.39 Å². The van der Waals surface area contributed by atoms with Gasteiger partial charge in [0.15, 0.2) is 5.95 Å². The molecule has 0 aliphatic carbocycles. The van der Waals surface area contributed by atoms with Crippen LogP contribution in [0.4, 0.5) is 4.39 Å². The van der Waals surface area contributed by atoms with Crippen LogP contribution < -0.4 is 5.32 Å². The average molecular weight is 99.1 g/mol. The van der Waals surface area contributed by atoms with E-state index >= 15 is 0 Å². The van der Waals surface area contributed by atoms with Crippen LogP contribution in [-0.2, 0) is 0 Å². The molecule has 1 heterocycles. The Bertz CT molecular complexity index is 115. The van der Waals surface area contributed by atoms with E-state index in [1.165, 1.54) is 6.08 Å². The third-order valence-electron chi connectivity index (χ3n) is 0.767. The lowest BCUT2D eigenvalue weighted by atomic mass is 10.4. The average Bonchev–Trinajstić information content (AvgIpc) is 1.69. The summed E-state index contributed by atoms with van der Waals surface area (Å²) in [6.07, 6.45) is 4.93. The van der Waals surface area contributed by atoms with Crippen LogP contribution in [0.25, 0.3) is 0 Å². The van der Waals surface area contributed by atoms with Gasteiger partial charge in [-0.05, 0) is 6.08 Å². The first-order valence-corrected chi connectivity index (χ1v) is 2.16. The number of allylic oxidation sites excluding steroid dienone is 2. The Balaban J connectivity index is 2.57. The Morgan fingerprint density at radius 3 is 2.86 bits per heavy atom. The highest BCUT2D eigenvalue weighted by molar-refractivity contribution is 5.11. The zero-order valence-corrected chi connectivity index (χ0v) is 3.82. The lowest BCUT2D eigenvalue weighted by molar-refractivity contribution is 0.556. The summed E-state index contributed by atoms with van der Waals surface area (Å²) in [7, 11) is 0. The molecular formula is C5H6FN. The van der Waals surface area contributed by atoms with E-state index in [-0.39, 0.29) is 5.95 Å². The summed E-state index contributed by atoms with van der Waals surface area (Å²) in [5.74, 6) is -0.248. The van der Waals surface area contributed by atoms with E-state index < -0.39 is 0 Å². The molecule has 1 aliphatic rings. The van der Waals surface area contributed by atoms with Crippen LogP contribution in [0.3, 0.4) is 0 Å². The zero-order chi connectivity index (χ0) is 5.11. The number of rotatable bonds is 0. The second kappa shape index (κ2) is 1.78. The molecule has 0 saturated carbocycles. The highest BCUT2D eigenvalue weighted by Gasteiger charge is 1.89. The van der Waals surface area contributed by atoms with Crippen molar-refractivity contribution in [2.45, 2.75) is 0 Å². The first kappa shape index (κ1) is 4.37. The van der Waals surface area contributed by atoms with Crippen LogP contribution in [0, 0.1) is 0 Å². The van der Waals surface area contributed by atoms with Crippen molar-refractivity contribution in [1.29, 1.82) is 0 Å². The van der Waals surface area contributed by atoms with Crippen molar-refractivity contribution in [2.75, 3.05) is 6.54 Å². The van der Waals surface area contributed by atoms with Crippen LogP contribution >= 0.6 is 0 Å². The van der Waals surface area contributed by atoms with E-state index in [9.17, 15) is 4.39 Å². The van der Waals surface area contributed by atoms with Gasteiger partial charge in [0.1, 0.15) is 0 Å². The van der Waals surface area contributed by atoms with Crippen molar-refractivity contribution in [3.8, 4) is 0 Å². The Morgan fingerprint density at radius 1 is 1.71 bits per heavy atom. The maximum Gasteiger partial charge on any atom is 0.187 e. The van der Waals surface area contributed by atoms with Crippen LogP contribution in [0.1, 0.15) is 0 Å². The fourth-order valence-corrected chi connectivity index (χ4v) is 0.436. The normalized spacial score (nSPS) is 18.1. The molecule has 1 nitrogen and oxygen atoms in total. The van der Waals surface area contributed by atoms with Gasteiger partial charge >= 0.3 is 0 Å². The molecule has 0 spiro atoms. The van der Waals surface area contributed by atoms with Crippen molar-refractivity contribution in [3.05, 3.63) is 24.2 Å². The van der Waals surface area contributed by atoms with Crippen LogP contribution in [-0.4, -0.2) is 6.54 Å². The highest BCUT2D eigenvalue weighted by atomic mass is 19.1. The van der Waals surface area contributed by atoms with Gasteiger partial charge in [0, 0.05) is 6.54 Å². The van der Waals surface area contributed by atoms with Gasteiger partial charge in [-0.2, -0.15) is 4.39 Å². The molecule has 0 fully saturated rings. The summed E-state index contributed by atoms with van der Waals surface area (Å²) in [5, 5.41) is 2.49. The molecule has 1 rings (SSSR count). The molecule has 0 aromatic heterocycles. The van der Waals surface area contributed by atoms with Gasteiger partial charge in [-0.25, -0.2) is 0 Å². The molecule has 38 valence electrons. The fraction of sp³-hybridized carbons (Fsp3) is 0.200. The van der Waals surface area contributed by atoms with E-state index in [1.807, 2.05) is 6.08 Å². The van der Waals surface area contributed by atoms with Gasteiger partial charge in [0.05, 0.1) is 0 Å². The van der Waals surface area contributed by atoms with E-state index in [0.29, 0.717) is 6.54 Å². The van der Waals surface area contributed by atoms with Crippen molar-refractivity contribution in [1.82, 2.24) is 5.32 Å². The smallest absolute Gasteiger partial charge is 0.187 e. The van der Waals surface area contributed by atoms with E-state index in [1.54, 1.807) is 6.08 Å². The predicted octanol–water partition coefficient (Wildman–Crippen LogP) is 0.957. The standard InChI is InChI=1S/C5H6FN/c6-5-3-1-2-4-7-5/h1-3,7H,4H2. The van der Waals surface area contributed by atoms with Gasteiger partial charge in [-0.3, -0.25) is 0 Å². The lowest BCUT2D eigenvalue weighted by Crippen LogP contribution is -2.11. The number of nitrogens with one attached hydrogen (secondary N) is 1. The van der Waals surface area contributed by atoms with Crippen LogP contribution in [0.2, 0.25) is 0 Å². The summed E-state index contributed by atoms with van der Waals surface area (Å²) in [6, 6.07) is 0. The summed E-state index contributed by atoms with van der Waals surface area (Å²) >= 11 is 0. The van der Waals surface area contributed by atoms with E-state index in [4.69, 9.17) is 0 Å². The lowest BCUT2D eigenvalue weighted by Gasteiger charge is -2.00. The molecule has 0 radical (unpaired) electrons. The van der Waals surface area contributed by atoms with Gasteiger partial charge in [0.25, 0.3) is 0 Å². The molecule has 0 atom stereocenters. The summed E-state index contributed by atoms with van der Waals surface area (Å²) in [6.45, 7) is 0.613. The molecule has 7 heavy (non-hydrogen) atoms. The Hall–Kier alpha value is -0.790. The minimum Gasteiger partial charge on any atom is -0.358 e. The van der Waals surface area contributed by atoms with Crippen LogP contribution in [0.15, 0.2) is 24.2 Å². The van der Waals surface area contributed by atoms with Crippen molar-refractivity contribution in [2.24, 2.45) is 0 Å². The van der Waals surface area contributed by atoms with Gasteiger partial charge < -0.3 is 5.32 Å². The monoisotopic (exact) mass is 99.0 g/mol. The molecule has 1 aliphatic heterocycles. The Labute approximate surface area is 41.5 Å². The first-order valence-electron chi connectivity index (χ1n) is 2.16. The second-order valence-corrected chi connectivity index (χ2v) is 1.32. The van der Waals surface area contributed by atoms with Crippen LogP contribution in [0.5, 0.6) is 0 Å². The fourth-order valence-electron chi connectivity index (χ4n) is 0.436. The summed E-state index contributed by atoms with van der Waals surface area (Å²) in [5.41, 5.74) is 0. The maximum absolute atomic E-state index is 11.9. The molecule has 0 amide bonds. The largest absolute Gasteiger partial charge is 0.358 e. The predicted molar refractivity (Wildman–Crippen MR) is 26.3 cm³/mol. The topological polar surface area (TPSA) is 12.0 Å². The molecule has 2 heteroatoms. The number of halogens is 1. The summed E-state index contributed by atoms with van der Waals surface area (Å²) < 4.78 is 11.9. The van der Waals surface area contributed by atoms with Crippen molar-refractivity contribution in [3.63, 3.8) is 0 Å². The zero-order valence-electron chi connectivity index (χ0n) is 3.82. The third-order valence-corrected chi connectivity index (χ3v) is 0.767. The maximum atomic E-state index is 11.9. The molecule has 0 aromatic carbocycles. The minimum atomic E-state index is -0.248. The number of hydrogen-bond acceptors (Lipinski definition) is 1. The van der Waals surface area contributed by atoms with E-state index in [0.717, 1.165) is 0 Å². The Kier molecular flexibility index (Phi) is 1.11.